The van der Waals surface area contributed by atoms with Crippen molar-refractivity contribution in [2.45, 2.75) is 51.4 Å². The van der Waals surface area contributed by atoms with Crippen LogP contribution in [0.5, 0.6) is 0 Å². The fourth-order valence-electron chi connectivity index (χ4n) is 8.24. The lowest BCUT2D eigenvalue weighted by molar-refractivity contribution is -0.115. The summed E-state index contributed by atoms with van der Waals surface area (Å²) in [6.07, 6.45) is 14.7. The number of halogens is 9. The quantitative estimate of drug-likeness (QED) is 0.00757. The molecule has 0 aliphatic rings. The Hall–Kier alpha value is -9.83. The number of aromatic nitrogens is 17. The van der Waals surface area contributed by atoms with Crippen LogP contribution in [-0.2, 0) is 30.5 Å². The number of rotatable bonds is 17. The van der Waals surface area contributed by atoms with Gasteiger partial charge in [-0.15, -0.1) is 65.4 Å². The van der Waals surface area contributed by atoms with Crippen LogP contribution in [0, 0.1) is 39.4 Å². The Morgan fingerprint density at radius 2 is 0.973 bits per heavy atom. The molecule has 5 N–H and O–H groups in total. The van der Waals surface area contributed by atoms with Crippen LogP contribution >= 0.6 is 133 Å². The number of hydrazine groups is 1. The van der Waals surface area contributed by atoms with E-state index in [1.54, 1.807) is 73.6 Å². The third kappa shape index (κ3) is 31.0. The zero-order valence-corrected chi connectivity index (χ0v) is 68.8. The van der Waals surface area contributed by atoms with E-state index in [1.807, 2.05) is 146 Å². The van der Waals surface area contributed by atoms with E-state index in [-0.39, 0.29) is 47.8 Å². The average Bonchev–Trinajstić information content (AvgIpc) is 1.64. The minimum atomic E-state index is -3.22. The van der Waals surface area contributed by atoms with Crippen LogP contribution in [0.2, 0.25) is 10.0 Å². The summed E-state index contributed by atoms with van der Waals surface area (Å²) in [5.41, 5.74) is 12.8. The van der Waals surface area contributed by atoms with Crippen molar-refractivity contribution in [3.63, 3.8) is 0 Å². The number of nitrogens with zero attached hydrogens (tertiary/aromatic N) is 16. The summed E-state index contributed by atoms with van der Waals surface area (Å²) in [4.78, 5) is 81.8. The largest absolute Gasteiger partial charge is 0.465 e. The Labute approximate surface area is 694 Å². The third-order valence-electron chi connectivity index (χ3n) is 13.6. The standard InChI is InChI=1S/C22H16ClN7OS.C13H9ClN4S.C10H11ClN2O2.C9H8ClN3O.C8H9NO2.C7H9N3O.C2H2Cl2O.Cl3OP/c1-14-6-7-16(12-25-14)21-28-26-19(31-21)13-32-22-29-27-20(15-8-10-24-11-9-15)30(22)18-5-3-2-4-17(18)23;14-10-3-1-2-4-11(10)18-12(16-17-13(18)19)9-5-7-15-8-6-9;1-7-2-3-8(5-12-7)10(15)13-6-9(14)4-11;1-6-2-3-7(5-11-6)9-13-12-8(4-10)14-9;1-6-3-4-7(5-9-6)8(10)11-2;1-5-2-3-6(4-9-5)7(11)10-8;3-1-2(4)5;1-5(2,3)4/h2-12H,13H2,1H3;1-8H,(H,17,19);2-3,5H,4,6H2,1H3,(H,13,15);2-3,5H,4H2,1H3;3-5H,1-2H3;2-4H,8H2,1H3,(H,10,11);1H2;. The Morgan fingerprint density at radius 1 is 0.545 bits per heavy atom. The monoisotopic (exact) mass is 1750 g/mol. The van der Waals surface area contributed by atoms with Gasteiger partial charge < -0.3 is 18.9 Å². The number of aromatic amines is 1. The molecule has 112 heavy (non-hydrogen) atoms. The van der Waals surface area contributed by atoms with Gasteiger partial charge in [0, 0.05) is 95.4 Å². The normalized spacial score (nSPS) is 10.2. The van der Waals surface area contributed by atoms with E-state index >= 15 is 0 Å². The maximum Gasteiger partial charge on any atom is 0.339 e. The molecule has 0 fully saturated rings. The highest BCUT2D eigenvalue weighted by molar-refractivity contribution is 8.24. The number of carbonyl (C=O) groups is 5. The van der Waals surface area contributed by atoms with Gasteiger partial charge in [-0.2, -0.15) is 5.10 Å². The number of para-hydroxylation sites is 2. The molecule has 0 radical (unpaired) electrons. The summed E-state index contributed by atoms with van der Waals surface area (Å²) < 4.78 is 29.3. The predicted molar refractivity (Wildman–Crippen MR) is 435 cm³/mol. The third-order valence-corrected chi connectivity index (χ3v) is 16.4. The van der Waals surface area contributed by atoms with Crippen LogP contribution in [0.15, 0.2) is 203 Å². The number of ketones is 1. The maximum absolute atomic E-state index is 11.4. The smallest absolute Gasteiger partial charge is 0.339 e. The van der Waals surface area contributed by atoms with Crippen molar-refractivity contribution < 1.29 is 42.1 Å². The van der Waals surface area contributed by atoms with Crippen molar-refractivity contribution in [2.24, 2.45) is 5.84 Å². The average molecular weight is 1760 g/mol. The number of nitrogen functional groups attached to an aromatic ring is 1. The van der Waals surface area contributed by atoms with Crippen molar-refractivity contribution in [1.82, 2.24) is 95.6 Å². The Morgan fingerprint density at radius 3 is 1.38 bits per heavy atom. The number of pyridine rings is 7. The molecule has 13 aromatic rings. The Kier molecular flexibility index (Phi) is 38.6. The van der Waals surface area contributed by atoms with E-state index < -0.39 is 10.4 Å². The predicted octanol–water partition coefficient (Wildman–Crippen LogP) is 16.8. The van der Waals surface area contributed by atoms with Gasteiger partial charge in [0.2, 0.25) is 28.8 Å². The van der Waals surface area contributed by atoms with Crippen LogP contribution in [-0.4, -0.2) is 139 Å². The summed E-state index contributed by atoms with van der Waals surface area (Å²) in [6.45, 7) is 9.34. The molecule has 2 aromatic carbocycles. The molecule has 41 heteroatoms. The minimum Gasteiger partial charge on any atom is -0.465 e. The van der Waals surface area contributed by atoms with Crippen LogP contribution in [0.25, 0.3) is 57.1 Å². The first-order chi connectivity index (χ1) is 53.6. The van der Waals surface area contributed by atoms with E-state index in [9.17, 15) is 28.5 Å². The van der Waals surface area contributed by atoms with Crippen molar-refractivity contribution in [1.29, 1.82) is 0 Å². The number of thioether (sulfide) groups is 1. The lowest BCUT2D eigenvalue weighted by Crippen LogP contribution is -2.30. The van der Waals surface area contributed by atoms with E-state index in [2.05, 4.69) is 119 Å². The number of aryl methyl sites for hydroxylation is 5. The highest BCUT2D eigenvalue weighted by atomic mass is 36.0. The first-order valence-electron chi connectivity index (χ1n) is 31.9. The lowest BCUT2D eigenvalue weighted by atomic mass is 10.2. The van der Waals surface area contributed by atoms with Gasteiger partial charge in [0.1, 0.15) is 5.88 Å². The van der Waals surface area contributed by atoms with E-state index in [4.69, 9.17) is 96.5 Å². The molecular weight excluding hydrogens is 1690 g/mol. The van der Waals surface area contributed by atoms with Crippen LogP contribution < -0.4 is 16.6 Å². The highest BCUT2D eigenvalue weighted by Crippen LogP contribution is 2.61. The van der Waals surface area contributed by atoms with Crippen molar-refractivity contribution in [3.8, 4) is 57.1 Å². The van der Waals surface area contributed by atoms with Crippen LogP contribution in [0.1, 0.15) is 71.3 Å². The summed E-state index contributed by atoms with van der Waals surface area (Å²) in [5, 5.41) is 32.4. The van der Waals surface area contributed by atoms with E-state index in [1.165, 1.54) is 37.5 Å². The van der Waals surface area contributed by atoms with Crippen LogP contribution in [0.3, 0.4) is 0 Å². The van der Waals surface area contributed by atoms with Crippen molar-refractivity contribution in [2.75, 3.05) is 25.4 Å². The van der Waals surface area contributed by atoms with Crippen LogP contribution in [0.4, 0.5) is 0 Å². The molecule has 0 atom stereocenters. The molecule has 0 aliphatic heterocycles. The number of carbonyl (C=O) groups excluding carboxylic acids is 5. The van der Waals surface area contributed by atoms with Gasteiger partial charge in [-0.25, -0.2) is 10.6 Å². The number of ether oxygens (including phenoxy) is 1. The maximum atomic E-state index is 11.4. The molecule has 0 spiro atoms. The molecule has 0 aliphatic carbocycles. The molecule has 582 valence electrons. The van der Waals surface area contributed by atoms with Gasteiger partial charge in [-0.1, -0.05) is 59.2 Å². The second kappa shape index (κ2) is 47.5. The second-order valence-electron chi connectivity index (χ2n) is 21.8. The molecule has 0 bridgehead atoms. The first kappa shape index (κ1) is 91.1. The van der Waals surface area contributed by atoms with Gasteiger partial charge in [0.25, 0.3) is 11.8 Å². The fraction of sp³-hybridized carbons (Fsp3) is 0.155. The Bertz CT molecular complexity index is 5190. The van der Waals surface area contributed by atoms with Crippen molar-refractivity contribution in [3.05, 3.63) is 261 Å². The zero-order chi connectivity index (χ0) is 81.7. The number of hydrogen-bond acceptors (Lipinski definition) is 26. The number of alkyl halides is 3. The summed E-state index contributed by atoms with van der Waals surface area (Å²) in [7, 11) is 1.35. The number of benzene rings is 2. The molecule has 0 saturated carbocycles. The van der Waals surface area contributed by atoms with Gasteiger partial charge >= 0.3 is 11.2 Å². The molecule has 29 nitrogen and oxygen atoms in total. The molecule has 0 saturated heterocycles. The number of amides is 2. The number of H-pyrrole nitrogens is 1. The van der Waals surface area contributed by atoms with E-state index in [0.717, 1.165) is 62.1 Å². The number of nitrogens with one attached hydrogen (secondary N) is 3. The summed E-state index contributed by atoms with van der Waals surface area (Å²) in [5.74, 6) is 7.32. The fourth-order valence-corrected chi connectivity index (χ4v) is 9.89. The Balaban J connectivity index is 0.000000213. The molecule has 0 unspecified atom stereocenters. The number of hydrogen-bond donors (Lipinski definition) is 4. The molecule has 13 rings (SSSR count). The van der Waals surface area contributed by atoms with Gasteiger partial charge in [-0.05, 0) is 201 Å². The number of methoxy groups -OCH3 is 1. The van der Waals surface area contributed by atoms with Gasteiger partial charge in [-0.3, -0.25) is 78.3 Å². The lowest BCUT2D eigenvalue weighted by Gasteiger charge is -2.11. The first-order valence-corrected chi connectivity index (χ1v) is 40.5. The number of esters is 1. The van der Waals surface area contributed by atoms with Crippen molar-refractivity contribution >= 4 is 161 Å². The number of nitrogens with two attached hydrogens (primary N) is 1. The van der Waals surface area contributed by atoms with Gasteiger partial charge in [0.05, 0.1) is 80.4 Å². The second-order valence-corrected chi connectivity index (χ2v) is 31.8. The molecular formula is C71H64Cl9N20O9PS2. The molecule has 11 heterocycles. The highest BCUT2D eigenvalue weighted by Gasteiger charge is 2.21. The van der Waals surface area contributed by atoms with Gasteiger partial charge in [0.15, 0.2) is 27.4 Å². The SMILES string of the molecule is COC(=O)c1ccc(C)nc1.Cc1ccc(-c2nnc(CCl)o2)cn1.Cc1ccc(-c2nnc(CSc3nnc(-c4ccncc4)n3-c3ccccc3Cl)o2)cn1.Cc1ccc(C(=O)NCC(=O)CCl)cn1.Cc1ccc(C(=O)NN)cn1.O=C(Cl)CCl.O=P(Cl)(Cl)Cl.S=c1[nH]nc(-c2ccncc2)n1-c1ccccc1Cl. The molecule has 2 amide bonds. The summed E-state index contributed by atoms with van der Waals surface area (Å²) in [6, 6.07) is 40.4. The minimum absolute atomic E-state index is 0.0454. The number of Topliss-reactive ketones (excluding diaryl/α,β-unsaturated/α-hetero) is 1. The topological polar surface area (TPSA) is 394 Å². The molecule has 11 aromatic heterocycles. The van der Waals surface area contributed by atoms with E-state index in [0.29, 0.717) is 77.6 Å². The zero-order valence-electron chi connectivity index (χ0n) is 59.5. The summed E-state index contributed by atoms with van der Waals surface area (Å²) >= 11 is 53.7.